The molecule has 4 rings (SSSR count). The maximum atomic E-state index is 11.2. The maximum absolute atomic E-state index is 11.2. The molecule has 32 heavy (non-hydrogen) atoms. The molecular weight excluding hydrogens is 408 g/mol. The Morgan fingerprint density at radius 3 is 2.72 bits per heavy atom. The molecule has 0 saturated carbocycles. The summed E-state index contributed by atoms with van der Waals surface area (Å²) >= 11 is 0. The molecule has 3 aromatic rings. The van der Waals surface area contributed by atoms with Gasteiger partial charge in [-0.25, -0.2) is 4.79 Å². The van der Waals surface area contributed by atoms with Crippen molar-refractivity contribution in [1.82, 2.24) is 10.1 Å². The Balaban J connectivity index is 1.67. The second kappa shape index (κ2) is 8.63. The fourth-order valence-corrected chi connectivity index (χ4v) is 3.69. The quantitative estimate of drug-likeness (QED) is 0.619. The van der Waals surface area contributed by atoms with Crippen LogP contribution in [0.2, 0.25) is 0 Å². The van der Waals surface area contributed by atoms with Gasteiger partial charge in [-0.2, -0.15) is 10.2 Å². The molecule has 0 fully saturated rings. The topological polar surface area (TPSA) is 122 Å². The van der Waals surface area contributed by atoms with Crippen LogP contribution in [-0.4, -0.2) is 39.1 Å². The van der Waals surface area contributed by atoms with Crippen molar-refractivity contribution in [1.29, 1.82) is 5.26 Å². The highest BCUT2D eigenvalue weighted by Crippen LogP contribution is 2.33. The van der Waals surface area contributed by atoms with E-state index in [-0.39, 0.29) is 6.10 Å². The minimum absolute atomic E-state index is 0.0463. The molecule has 1 aromatic heterocycles. The molecule has 0 bridgehead atoms. The van der Waals surface area contributed by atoms with E-state index >= 15 is 0 Å². The van der Waals surface area contributed by atoms with E-state index in [2.05, 4.69) is 21.2 Å². The third-order valence-corrected chi connectivity index (χ3v) is 5.18. The van der Waals surface area contributed by atoms with Gasteiger partial charge in [-0.1, -0.05) is 23.4 Å². The molecule has 0 amide bonds. The first-order valence-electron chi connectivity index (χ1n) is 10.3. The number of nitriles is 1. The van der Waals surface area contributed by atoms with Crippen LogP contribution in [0.25, 0.3) is 22.8 Å². The number of ether oxygens (including phenoxy) is 1. The first-order chi connectivity index (χ1) is 15.4. The minimum atomic E-state index is -0.952. The smallest absolute Gasteiger partial charge is 0.328 e. The van der Waals surface area contributed by atoms with Crippen molar-refractivity contribution >= 4 is 11.7 Å². The van der Waals surface area contributed by atoms with Crippen molar-refractivity contribution in [3.63, 3.8) is 0 Å². The Hall–Kier alpha value is -3.99. The van der Waals surface area contributed by atoms with Crippen molar-refractivity contribution in [2.24, 2.45) is 4.99 Å². The number of carbonyl (C=O) groups is 1. The first-order valence-corrected chi connectivity index (χ1v) is 10.3. The van der Waals surface area contributed by atoms with Crippen molar-refractivity contribution in [2.45, 2.75) is 45.8 Å². The van der Waals surface area contributed by atoms with E-state index in [1.165, 1.54) is 0 Å². The number of fused-ring (bicyclic) bond motifs is 1. The number of benzene rings is 2. The van der Waals surface area contributed by atoms with E-state index in [0.717, 1.165) is 28.8 Å². The van der Waals surface area contributed by atoms with E-state index in [1.54, 1.807) is 25.1 Å². The molecule has 1 N–H and O–H groups in total. The lowest BCUT2D eigenvalue weighted by Gasteiger charge is -2.11. The summed E-state index contributed by atoms with van der Waals surface area (Å²) in [4.78, 5) is 20.1. The van der Waals surface area contributed by atoms with Gasteiger partial charge < -0.3 is 14.4 Å². The largest absolute Gasteiger partial charge is 0.490 e. The van der Waals surface area contributed by atoms with Gasteiger partial charge in [0.1, 0.15) is 17.9 Å². The zero-order valence-corrected chi connectivity index (χ0v) is 18.0. The third-order valence-electron chi connectivity index (χ3n) is 5.18. The minimum Gasteiger partial charge on any atom is -0.490 e. The number of hydrogen-bond donors (Lipinski definition) is 1. The summed E-state index contributed by atoms with van der Waals surface area (Å²) in [5.41, 5.74) is 4.57. The van der Waals surface area contributed by atoms with Crippen LogP contribution in [0, 0.1) is 11.3 Å². The van der Waals surface area contributed by atoms with Gasteiger partial charge in [-0.05, 0) is 62.9 Å². The molecule has 8 heteroatoms. The van der Waals surface area contributed by atoms with Crippen LogP contribution in [0.3, 0.4) is 0 Å². The number of hydrogen-bond acceptors (Lipinski definition) is 7. The second-order valence-corrected chi connectivity index (χ2v) is 7.83. The summed E-state index contributed by atoms with van der Waals surface area (Å²) in [6, 6.07) is 12.2. The second-order valence-electron chi connectivity index (χ2n) is 7.83. The molecule has 1 aliphatic rings. The highest BCUT2D eigenvalue weighted by Gasteiger charge is 2.25. The molecule has 0 saturated heterocycles. The Labute approximate surface area is 185 Å². The van der Waals surface area contributed by atoms with E-state index in [1.807, 2.05) is 32.0 Å². The molecule has 1 aliphatic carbocycles. The van der Waals surface area contributed by atoms with Crippen molar-refractivity contribution in [2.75, 3.05) is 0 Å². The van der Waals surface area contributed by atoms with Gasteiger partial charge >= 0.3 is 5.97 Å². The maximum Gasteiger partial charge on any atom is 0.328 e. The molecule has 0 radical (unpaired) electrons. The lowest BCUT2D eigenvalue weighted by molar-refractivity contribution is -0.137. The Morgan fingerprint density at radius 1 is 1.22 bits per heavy atom. The third kappa shape index (κ3) is 4.10. The summed E-state index contributed by atoms with van der Waals surface area (Å²) in [6.07, 6.45) is 1.34. The molecule has 162 valence electrons. The Bertz CT molecular complexity index is 1250. The standard InChI is InChI=1S/C24H22N4O4/c1-13(2)31-21-10-7-15(11-16(21)12-25)23-27-22(28-32-23)19-6-4-5-18-17(19)8-9-20(18)26-14(3)24(29)30/h4-7,10-11,13-14H,8-9H2,1-3H3,(H,29,30)/t14-/m0/s1. The van der Waals surface area contributed by atoms with Gasteiger partial charge in [-0.3, -0.25) is 4.99 Å². The van der Waals surface area contributed by atoms with Gasteiger partial charge in [-0.15, -0.1) is 0 Å². The van der Waals surface area contributed by atoms with Crippen LogP contribution < -0.4 is 4.74 Å². The Morgan fingerprint density at radius 2 is 2.00 bits per heavy atom. The summed E-state index contributed by atoms with van der Waals surface area (Å²) in [6.45, 7) is 5.36. The first kappa shape index (κ1) is 21.2. The van der Waals surface area contributed by atoms with Gasteiger partial charge in [0.05, 0.1) is 11.7 Å². The van der Waals surface area contributed by atoms with Crippen LogP contribution >= 0.6 is 0 Å². The number of carboxylic acid groups (broad SMARTS) is 1. The molecule has 2 aromatic carbocycles. The molecular formula is C24H22N4O4. The van der Waals surface area contributed by atoms with Crippen LogP contribution in [0.5, 0.6) is 5.75 Å². The van der Waals surface area contributed by atoms with Crippen LogP contribution in [0.4, 0.5) is 0 Å². The summed E-state index contributed by atoms with van der Waals surface area (Å²) in [5, 5.41) is 22.8. The SMILES string of the molecule is CC(C)Oc1ccc(-c2nc(-c3cccc4c3CCC4=N[C@@H](C)C(=O)O)no2)cc1C#N. The molecule has 0 unspecified atom stereocenters. The highest BCUT2D eigenvalue weighted by molar-refractivity contribution is 6.06. The summed E-state index contributed by atoms with van der Waals surface area (Å²) in [7, 11) is 0. The van der Waals surface area contributed by atoms with Crippen molar-refractivity contribution in [3.05, 3.63) is 53.1 Å². The molecule has 1 heterocycles. The number of carboxylic acids is 1. The average molecular weight is 430 g/mol. The number of aromatic nitrogens is 2. The number of aliphatic carboxylic acids is 1. The fourth-order valence-electron chi connectivity index (χ4n) is 3.69. The van der Waals surface area contributed by atoms with Crippen LogP contribution in [0.15, 0.2) is 45.9 Å². The molecule has 1 atom stereocenters. The van der Waals surface area contributed by atoms with Gasteiger partial charge in [0.15, 0.2) is 0 Å². The van der Waals surface area contributed by atoms with Crippen molar-refractivity contribution < 1.29 is 19.2 Å². The predicted molar refractivity (Wildman–Crippen MR) is 118 cm³/mol. The molecule has 8 nitrogen and oxygen atoms in total. The predicted octanol–water partition coefficient (Wildman–Crippen LogP) is 4.27. The lowest BCUT2D eigenvalue weighted by atomic mass is 10.0. The highest BCUT2D eigenvalue weighted by atomic mass is 16.5. The number of aliphatic imine (C=N–C) groups is 1. The monoisotopic (exact) mass is 430 g/mol. The van der Waals surface area contributed by atoms with E-state index in [9.17, 15) is 10.1 Å². The zero-order valence-electron chi connectivity index (χ0n) is 18.0. The van der Waals surface area contributed by atoms with Gasteiger partial charge in [0.25, 0.3) is 5.89 Å². The molecule has 0 aliphatic heterocycles. The zero-order chi connectivity index (χ0) is 22.8. The average Bonchev–Trinajstić information content (AvgIpc) is 3.41. The van der Waals surface area contributed by atoms with Crippen LogP contribution in [0.1, 0.15) is 43.9 Å². The fraction of sp³-hybridized carbons (Fsp3) is 0.292. The van der Waals surface area contributed by atoms with Crippen molar-refractivity contribution in [3.8, 4) is 34.7 Å². The van der Waals surface area contributed by atoms with E-state index in [0.29, 0.717) is 35.0 Å². The lowest BCUT2D eigenvalue weighted by Crippen LogP contribution is -2.15. The van der Waals surface area contributed by atoms with E-state index in [4.69, 9.17) is 14.4 Å². The van der Waals surface area contributed by atoms with Crippen LogP contribution in [-0.2, 0) is 11.2 Å². The summed E-state index contributed by atoms with van der Waals surface area (Å²) in [5.74, 6) is 0.294. The molecule has 0 spiro atoms. The Kier molecular flexibility index (Phi) is 5.73. The normalized spacial score (nSPS) is 14.9. The number of rotatable bonds is 6. The summed E-state index contributed by atoms with van der Waals surface area (Å²) < 4.78 is 11.2. The van der Waals surface area contributed by atoms with Gasteiger partial charge in [0.2, 0.25) is 5.82 Å². The van der Waals surface area contributed by atoms with E-state index < -0.39 is 12.0 Å². The number of nitrogens with zero attached hydrogens (tertiary/aromatic N) is 4. The van der Waals surface area contributed by atoms with Gasteiger partial charge in [0, 0.05) is 16.8 Å².